The summed E-state index contributed by atoms with van der Waals surface area (Å²) in [5, 5.41) is 10.6. The topological polar surface area (TPSA) is 67.0 Å². The number of aromatic amines is 1. The van der Waals surface area contributed by atoms with E-state index in [0.29, 0.717) is 12.1 Å². The SMILES string of the molecule is COc1c(C)cc(C(=O)NCc2cccc3[nH]ncc23)cc1F. The van der Waals surface area contributed by atoms with Crippen LogP contribution in [0.5, 0.6) is 5.75 Å². The van der Waals surface area contributed by atoms with Crippen LogP contribution in [0.2, 0.25) is 0 Å². The first-order valence-corrected chi connectivity index (χ1v) is 7.13. The lowest BCUT2D eigenvalue weighted by molar-refractivity contribution is 0.0950. The number of rotatable bonds is 4. The fraction of sp³-hybridized carbons (Fsp3) is 0.176. The molecule has 2 aromatic carbocycles. The number of H-pyrrole nitrogens is 1. The van der Waals surface area contributed by atoms with Crippen molar-refractivity contribution in [3.8, 4) is 5.75 Å². The van der Waals surface area contributed by atoms with E-state index in [1.54, 1.807) is 19.2 Å². The average Bonchev–Trinajstić information content (AvgIpc) is 3.01. The van der Waals surface area contributed by atoms with Gasteiger partial charge in [0, 0.05) is 17.5 Å². The lowest BCUT2D eigenvalue weighted by Crippen LogP contribution is -2.23. The number of nitrogens with one attached hydrogen (secondary N) is 2. The second-order valence-electron chi connectivity index (χ2n) is 5.24. The first kappa shape index (κ1) is 15.0. The summed E-state index contributed by atoms with van der Waals surface area (Å²) in [5.41, 5.74) is 2.69. The summed E-state index contributed by atoms with van der Waals surface area (Å²) < 4.78 is 18.8. The third-order valence-electron chi connectivity index (χ3n) is 3.71. The van der Waals surface area contributed by atoms with Gasteiger partial charge < -0.3 is 10.1 Å². The van der Waals surface area contributed by atoms with Gasteiger partial charge in [-0.1, -0.05) is 12.1 Å². The fourth-order valence-electron chi connectivity index (χ4n) is 2.58. The molecule has 3 rings (SSSR count). The number of benzene rings is 2. The molecule has 6 heteroatoms. The van der Waals surface area contributed by atoms with E-state index in [4.69, 9.17) is 4.74 Å². The first-order chi connectivity index (χ1) is 11.1. The van der Waals surface area contributed by atoms with Crippen LogP contribution in [0, 0.1) is 12.7 Å². The number of aryl methyl sites for hydroxylation is 1. The molecule has 0 aliphatic heterocycles. The number of fused-ring (bicyclic) bond motifs is 1. The standard InChI is InChI=1S/C17H16FN3O2/c1-10-6-12(7-14(18)16(10)23-2)17(22)19-8-11-4-3-5-15-13(11)9-20-21-15/h3-7,9H,8H2,1-2H3,(H,19,22)(H,20,21). The van der Waals surface area contributed by atoms with Crippen LogP contribution in [0.15, 0.2) is 36.5 Å². The van der Waals surface area contributed by atoms with Crippen molar-refractivity contribution in [2.45, 2.75) is 13.5 Å². The summed E-state index contributed by atoms with van der Waals surface area (Å²) in [6.45, 7) is 2.04. The summed E-state index contributed by atoms with van der Waals surface area (Å²) >= 11 is 0. The molecule has 0 spiro atoms. The Balaban J connectivity index is 1.79. The zero-order chi connectivity index (χ0) is 16.4. The Bertz CT molecular complexity index is 850. The zero-order valence-electron chi connectivity index (χ0n) is 12.8. The Hall–Kier alpha value is -2.89. The van der Waals surface area contributed by atoms with E-state index in [0.717, 1.165) is 16.5 Å². The van der Waals surface area contributed by atoms with E-state index in [-0.39, 0.29) is 17.2 Å². The molecule has 0 atom stereocenters. The van der Waals surface area contributed by atoms with Crippen LogP contribution < -0.4 is 10.1 Å². The highest BCUT2D eigenvalue weighted by molar-refractivity contribution is 5.95. The molecular weight excluding hydrogens is 297 g/mol. The van der Waals surface area contributed by atoms with Gasteiger partial charge in [0.2, 0.25) is 0 Å². The minimum Gasteiger partial charge on any atom is -0.493 e. The minimum absolute atomic E-state index is 0.157. The van der Waals surface area contributed by atoms with Gasteiger partial charge in [-0.2, -0.15) is 5.10 Å². The van der Waals surface area contributed by atoms with E-state index in [1.165, 1.54) is 13.2 Å². The molecule has 3 aromatic rings. The van der Waals surface area contributed by atoms with Gasteiger partial charge in [-0.25, -0.2) is 4.39 Å². The quantitative estimate of drug-likeness (QED) is 0.778. The molecule has 0 unspecified atom stereocenters. The molecule has 0 aliphatic carbocycles. The molecule has 0 bridgehead atoms. The summed E-state index contributed by atoms with van der Waals surface area (Å²) in [7, 11) is 1.40. The van der Waals surface area contributed by atoms with Crippen molar-refractivity contribution in [1.82, 2.24) is 15.5 Å². The van der Waals surface area contributed by atoms with Crippen LogP contribution in [0.3, 0.4) is 0 Å². The van der Waals surface area contributed by atoms with Gasteiger partial charge in [0.05, 0.1) is 18.8 Å². The van der Waals surface area contributed by atoms with Crippen LogP contribution in [0.1, 0.15) is 21.5 Å². The molecule has 2 N–H and O–H groups in total. The van der Waals surface area contributed by atoms with E-state index >= 15 is 0 Å². The highest BCUT2D eigenvalue weighted by Crippen LogP contribution is 2.23. The summed E-state index contributed by atoms with van der Waals surface area (Å²) in [6.07, 6.45) is 1.72. The highest BCUT2D eigenvalue weighted by atomic mass is 19.1. The van der Waals surface area contributed by atoms with Crippen LogP contribution >= 0.6 is 0 Å². The van der Waals surface area contributed by atoms with E-state index in [2.05, 4.69) is 15.5 Å². The van der Waals surface area contributed by atoms with Crippen molar-refractivity contribution in [3.63, 3.8) is 0 Å². The van der Waals surface area contributed by atoms with Crippen LogP contribution in [0.4, 0.5) is 4.39 Å². The normalized spacial score (nSPS) is 10.7. The second kappa shape index (κ2) is 6.08. The third kappa shape index (κ3) is 2.88. The second-order valence-corrected chi connectivity index (χ2v) is 5.24. The maximum atomic E-state index is 13.9. The van der Waals surface area contributed by atoms with E-state index in [9.17, 15) is 9.18 Å². The molecular formula is C17H16FN3O2. The molecule has 5 nitrogen and oxygen atoms in total. The summed E-state index contributed by atoms with van der Waals surface area (Å²) in [6, 6.07) is 8.50. The third-order valence-corrected chi connectivity index (χ3v) is 3.71. The number of ether oxygens (including phenoxy) is 1. The van der Waals surface area contributed by atoms with Gasteiger partial charge in [-0.3, -0.25) is 9.89 Å². The van der Waals surface area contributed by atoms with Gasteiger partial charge in [0.15, 0.2) is 11.6 Å². The maximum absolute atomic E-state index is 13.9. The van der Waals surface area contributed by atoms with Crippen LogP contribution in [-0.4, -0.2) is 23.2 Å². The van der Waals surface area contributed by atoms with Crippen LogP contribution in [0.25, 0.3) is 10.9 Å². The van der Waals surface area contributed by atoms with Gasteiger partial charge in [0.25, 0.3) is 5.91 Å². The Morgan fingerprint density at radius 2 is 2.22 bits per heavy atom. The lowest BCUT2D eigenvalue weighted by atomic mass is 10.1. The molecule has 1 aromatic heterocycles. The highest BCUT2D eigenvalue weighted by Gasteiger charge is 2.13. The number of carbonyl (C=O) groups excluding carboxylic acids is 1. The van der Waals surface area contributed by atoms with Crippen molar-refractivity contribution in [3.05, 3.63) is 59.0 Å². The molecule has 23 heavy (non-hydrogen) atoms. The number of methoxy groups -OCH3 is 1. The van der Waals surface area contributed by atoms with Gasteiger partial charge >= 0.3 is 0 Å². The first-order valence-electron chi connectivity index (χ1n) is 7.13. The molecule has 1 heterocycles. The Morgan fingerprint density at radius 3 is 2.96 bits per heavy atom. The smallest absolute Gasteiger partial charge is 0.251 e. The van der Waals surface area contributed by atoms with Crippen LogP contribution in [-0.2, 0) is 6.54 Å². The van der Waals surface area contributed by atoms with E-state index in [1.807, 2.05) is 18.2 Å². The number of nitrogens with zero attached hydrogens (tertiary/aromatic N) is 1. The molecule has 118 valence electrons. The van der Waals surface area contributed by atoms with Crippen molar-refractivity contribution in [2.75, 3.05) is 7.11 Å². The van der Waals surface area contributed by atoms with Crippen molar-refractivity contribution < 1.29 is 13.9 Å². The summed E-state index contributed by atoms with van der Waals surface area (Å²) in [5.74, 6) is -0.727. The van der Waals surface area contributed by atoms with E-state index < -0.39 is 5.82 Å². The number of aromatic nitrogens is 2. The molecule has 0 radical (unpaired) electrons. The Kier molecular flexibility index (Phi) is 3.97. The molecule has 0 fully saturated rings. The average molecular weight is 313 g/mol. The molecule has 0 aliphatic rings. The number of amides is 1. The van der Waals surface area contributed by atoms with Gasteiger partial charge in [-0.05, 0) is 36.2 Å². The molecule has 0 saturated heterocycles. The van der Waals surface area contributed by atoms with Gasteiger partial charge in [-0.15, -0.1) is 0 Å². The fourth-order valence-corrected chi connectivity index (χ4v) is 2.58. The number of carbonyl (C=O) groups is 1. The minimum atomic E-state index is -0.547. The number of hydrogen-bond acceptors (Lipinski definition) is 3. The molecule has 0 saturated carbocycles. The van der Waals surface area contributed by atoms with Crippen molar-refractivity contribution in [2.24, 2.45) is 0 Å². The predicted octanol–water partition coefficient (Wildman–Crippen LogP) is 2.95. The Morgan fingerprint density at radius 1 is 1.39 bits per heavy atom. The Labute approximate surface area is 132 Å². The van der Waals surface area contributed by atoms with Crippen molar-refractivity contribution in [1.29, 1.82) is 0 Å². The monoisotopic (exact) mass is 313 g/mol. The zero-order valence-corrected chi connectivity index (χ0v) is 12.8. The van der Waals surface area contributed by atoms with Crippen molar-refractivity contribution >= 4 is 16.8 Å². The maximum Gasteiger partial charge on any atom is 0.251 e. The number of halogens is 1. The summed E-state index contributed by atoms with van der Waals surface area (Å²) in [4.78, 5) is 12.3. The number of hydrogen-bond donors (Lipinski definition) is 2. The predicted molar refractivity (Wildman–Crippen MR) is 85.0 cm³/mol. The molecule has 1 amide bonds. The lowest BCUT2D eigenvalue weighted by Gasteiger charge is -2.10. The largest absolute Gasteiger partial charge is 0.493 e. The van der Waals surface area contributed by atoms with Gasteiger partial charge in [0.1, 0.15) is 0 Å².